The second-order valence-corrected chi connectivity index (χ2v) is 10.4. The summed E-state index contributed by atoms with van der Waals surface area (Å²) in [6.45, 7) is 26.9. The van der Waals surface area contributed by atoms with E-state index in [0.717, 1.165) is 73.9 Å². The van der Waals surface area contributed by atoms with Crippen LogP contribution in [0.25, 0.3) is 12.2 Å². The van der Waals surface area contributed by atoms with Crippen LogP contribution in [0.3, 0.4) is 0 Å². The molecule has 232 valence electrons. The molecule has 3 heteroatoms. The Morgan fingerprint density at radius 2 is 1.59 bits per heavy atom. The van der Waals surface area contributed by atoms with Crippen LogP contribution >= 0.6 is 0 Å². The Hall–Kier alpha value is -2.78. The summed E-state index contributed by atoms with van der Waals surface area (Å²) < 4.78 is 0. The lowest BCUT2D eigenvalue weighted by Crippen LogP contribution is -2.06. The molecule has 1 atom stereocenters. The third-order valence-electron chi connectivity index (χ3n) is 6.96. The molecule has 0 saturated carbocycles. The van der Waals surface area contributed by atoms with Gasteiger partial charge in [0.05, 0.1) is 0 Å². The van der Waals surface area contributed by atoms with Gasteiger partial charge in [-0.15, -0.1) is 0 Å². The Labute approximate surface area is 255 Å². The van der Waals surface area contributed by atoms with Gasteiger partial charge < -0.3 is 16.8 Å². The van der Waals surface area contributed by atoms with Crippen molar-refractivity contribution in [1.82, 2.24) is 0 Å². The van der Waals surface area contributed by atoms with Crippen molar-refractivity contribution in [2.45, 2.75) is 107 Å². The molecule has 3 nitrogen and oxygen atoms in total. The fraction of sp³-hybridized carbons (Fsp3) is 0.526. The minimum atomic E-state index is 0.775. The molecule has 41 heavy (non-hydrogen) atoms. The van der Waals surface area contributed by atoms with Gasteiger partial charge in [-0.2, -0.15) is 0 Å². The lowest BCUT2D eigenvalue weighted by molar-refractivity contribution is 0.346. The van der Waals surface area contributed by atoms with E-state index in [1.807, 2.05) is 44.2 Å². The van der Waals surface area contributed by atoms with E-state index in [4.69, 9.17) is 11.5 Å². The molecular formula is C38H65N3. The van der Waals surface area contributed by atoms with Crippen LogP contribution in [0.4, 0.5) is 5.69 Å². The summed E-state index contributed by atoms with van der Waals surface area (Å²) in [7, 11) is 0. The van der Waals surface area contributed by atoms with Gasteiger partial charge in [0, 0.05) is 24.4 Å². The molecule has 0 aliphatic carbocycles. The monoisotopic (exact) mass is 564 g/mol. The van der Waals surface area contributed by atoms with Crippen molar-refractivity contribution in [3.05, 3.63) is 89.6 Å². The molecule has 0 spiro atoms. The van der Waals surface area contributed by atoms with Crippen LogP contribution in [-0.2, 0) is 12.8 Å². The van der Waals surface area contributed by atoms with E-state index in [9.17, 15) is 0 Å². The number of benzene rings is 2. The molecule has 0 heterocycles. The highest BCUT2D eigenvalue weighted by molar-refractivity contribution is 5.66. The standard InChI is InChI=1S/C15H19N.C12H20N2.C9H20.C2H6/c1-4-8-14(16)11-13-10-7-9-12(5-2)15(13)6-3;1-2-11-5-7-12(8-6-11)14-10-4-3-9-13;1-5-7-9(6-2)8(3)4;1-2/h5-10H,2-4,11,16H2,1H3;5-8,14H,2-4,9-10,13H2,1H3;8-9H,5-7H2,1-4H3;1-2H3/b14-8-;;;. The van der Waals surface area contributed by atoms with Gasteiger partial charge in [-0.25, -0.2) is 0 Å². The van der Waals surface area contributed by atoms with E-state index in [-0.39, 0.29) is 0 Å². The van der Waals surface area contributed by atoms with E-state index in [2.05, 4.69) is 90.3 Å². The van der Waals surface area contributed by atoms with E-state index in [1.165, 1.54) is 36.1 Å². The maximum atomic E-state index is 5.93. The van der Waals surface area contributed by atoms with Gasteiger partial charge in [0.25, 0.3) is 0 Å². The van der Waals surface area contributed by atoms with Crippen molar-refractivity contribution >= 4 is 17.8 Å². The molecule has 0 amide bonds. The summed E-state index contributed by atoms with van der Waals surface area (Å²) in [6.07, 6.45) is 15.0. The molecule has 5 N–H and O–H groups in total. The van der Waals surface area contributed by atoms with Crippen LogP contribution in [0.15, 0.2) is 67.4 Å². The first-order chi connectivity index (χ1) is 19.8. The van der Waals surface area contributed by atoms with Crippen molar-refractivity contribution in [1.29, 1.82) is 0 Å². The SMILES string of the molecule is C=Cc1cccc(C/C(N)=C/CC)c1C=C.CC.CCCC(CC)C(C)C.CCc1ccc(NCCCCN)cc1. The number of hydrogen-bond donors (Lipinski definition) is 3. The smallest absolute Gasteiger partial charge is 0.0340 e. The quantitative estimate of drug-likeness (QED) is 0.189. The molecule has 0 aliphatic rings. The van der Waals surface area contributed by atoms with E-state index >= 15 is 0 Å². The number of hydrogen-bond acceptors (Lipinski definition) is 3. The van der Waals surface area contributed by atoms with E-state index < -0.39 is 0 Å². The van der Waals surface area contributed by atoms with Crippen LogP contribution in [-0.4, -0.2) is 13.1 Å². The molecule has 0 fully saturated rings. The maximum Gasteiger partial charge on any atom is 0.0340 e. The summed E-state index contributed by atoms with van der Waals surface area (Å²) in [5.41, 5.74) is 18.3. The average Bonchev–Trinajstić information content (AvgIpc) is 3.00. The van der Waals surface area contributed by atoms with Crippen LogP contribution < -0.4 is 16.8 Å². The normalized spacial score (nSPS) is 11.1. The first kappa shape index (κ1) is 40.4. The Balaban J connectivity index is 0. The first-order valence-corrected chi connectivity index (χ1v) is 16.2. The molecule has 0 saturated heterocycles. The number of rotatable bonds is 15. The Morgan fingerprint density at radius 3 is 2.02 bits per heavy atom. The van der Waals surface area contributed by atoms with Crippen LogP contribution in [0.1, 0.15) is 116 Å². The zero-order valence-corrected chi connectivity index (χ0v) is 28.1. The van der Waals surface area contributed by atoms with Gasteiger partial charge in [-0.05, 0) is 78.5 Å². The zero-order chi connectivity index (χ0) is 31.5. The number of nitrogens with one attached hydrogen (secondary N) is 1. The molecule has 0 radical (unpaired) electrons. The lowest BCUT2D eigenvalue weighted by atomic mass is 9.89. The second-order valence-electron chi connectivity index (χ2n) is 10.4. The molecule has 0 aromatic heterocycles. The van der Waals surface area contributed by atoms with Gasteiger partial charge in [0.15, 0.2) is 0 Å². The molecule has 2 aromatic rings. The fourth-order valence-corrected chi connectivity index (χ4v) is 4.51. The summed E-state index contributed by atoms with van der Waals surface area (Å²) in [5, 5.41) is 3.38. The summed E-state index contributed by atoms with van der Waals surface area (Å²) in [4.78, 5) is 0. The molecule has 2 aromatic carbocycles. The van der Waals surface area contributed by atoms with Crippen molar-refractivity contribution in [3.8, 4) is 0 Å². The minimum absolute atomic E-state index is 0.775. The highest BCUT2D eigenvalue weighted by atomic mass is 14.9. The average molecular weight is 564 g/mol. The Kier molecular flexibility index (Phi) is 27.0. The minimum Gasteiger partial charge on any atom is -0.402 e. The number of allylic oxidation sites excluding steroid dienone is 2. The molecule has 0 aliphatic heterocycles. The van der Waals surface area contributed by atoms with E-state index in [0.29, 0.717) is 0 Å². The van der Waals surface area contributed by atoms with Gasteiger partial charge in [-0.1, -0.05) is 136 Å². The number of anilines is 1. The van der Waals surface area contributed by atoms with E-state index in [1.54, 1.807) is 0 Å². The highest BCUT2D eigenvalue weighted by Gasteiger charge is 2.08. The maximum absolute atomic E-state index is 5.93. The van der Waals surface area contributed by atoms with Crippen molar-refractivity contribution < 1.29 is 0 Å². The van der Waals surface area contributed by atoms with Crippen molar-refractivity contribution in [2.24, 2.45) is 23.3 Å². The van der Waals surface area contributed by atoms with Crippen molar-refractivity contribution in [2.75, 3.05) is 18.4 Å². The predicted octanol–water partition coefficient (Wildman–Crippen LogP) is 10.7. The largest absolute Gasteiger partial charge is 0.402 e. The molecule has 0 bridgehead atoms. The summed E-state index contributed by atoms with van der Waals surface area (Å²) in [5.74, 6) is 1.85. The highest BCUT2D eigenvalue weighted by Crippen LogP contribution is 2.20. The number of aryl methyl sites for hydroxylation is 1. The fourth-order valence-electron chi connectivity index (χ4n) is 4.51. The lowest BCUT2D eigenvalue weighted by Gasteiger charge is -2.17. The molecule has 2 rings (SSSR count). The van der Waals surface area contributed by atoms with Crippen LogP contribution in [0.2, 0.25) is 0 Å². The third-order valence-corrected chi connectivity index (χ3v) is 6.96. The van der Waals surface area contributed by atoms with Gasteiger partial charge in [0.1, 0.15) is 0 Å². The topological polar surface area (TPSA) is 64.1 Å². The Bertz CT molecular complexity index is 925. The number of nitrogens with two attached hydrogens (primary N) is 2. The van der Waals surface area contributed by atoms with Crippen molar-refractivity contribution in [3.63, 3.8) is 0 Å². The zero-order valence-electron chi connectivity index (χ0n) is 28.1. The van der Waals surface area contributed by atoms with Gasteiger partial charge in [0.2, 0.25) is 0 Å². The summed E-state index contributed by atoms with van der Waals surface area (Å²) >= 11 is 0. The number of unbranched alkanes of at least 4 members (excludes halogenated alkanes) is 1. The molecule has 1 unspecified atom stereocenters. The molecular weight excluding hydrogens is 498 g/mol. The third kappa shape index (κ3) is 19.1. The first-order valence-electron chi connectivity index (χ1n) is 16.2. The van der Waals surface area contributed by atoms with Gasteiger partial charge >= 0.3 is 0 Å². The van der Waals surface area contributed by atoms with Gasteiger partial charge in [-0.3, -0.25) is 0 Å². The van der Waals surface area contributed by atoms with Crippen LogP contribution in [0, 0.1) is 11.8 Å². The Morgan fingerprint density at radius 1 is 0.927 bits per heavy atom. The second kappa shape index (κ2) is 27.4. The predicted molar refractivity (Wildman–Crippen MR) is 190 cm³/mol. The van der Waals surface area contributed by atoms with Crippen LogP contribution in [0.5, 0.6) is 0 Å². The summed E-state index contributed by atoms with van der Waals surface area (Å²) in [6, 6.07) is 14.8.